The summed E-state index contributed by atoms with van der Waals surface area (Å²) in [5.41, 5.74) is 5.41. The molecule has 0 heterocycles. The van der Waals surface area contributed by atoms with E-state index in [0.29, 0.717) is 6.42 Å². The van der Waals surface area contributed by atoms with Gasteiger partial charge in [-0.15, -0.1) is 0 Å². The first-order valence-electron chi connectivity index (χ1n) is 38.0. The molecule has 0 saturated heterocycles. The summed E-state index contributed by atoms with van der Waals surface area (Å²) in [6.45, 7) is 3.64. The van der Waals surface area contributed by atoms with Crippen molar-refractivity contribution in [3.63, 3.8) is 0 Å². The van der Waals surface area contributed by atoms with Crippen molar-refractivity contribution in [1.29, 1.82) is 0 Å². The van der Waals surface area contributed by atoms with Crippen LogP contribution in [-0.2, 0) is 32.7 Å². The van der Waals surface area contributed by atoms with Crippen molar-refractivity contribution in [2.24, 2.45) is 5.73 Å². The molecule has 0 amide bonds. The predicted octanol–water partition coefficient (Wildman–Crippen LogP) is 25.4. The molecular formula is C81H142NO8P. The number of unbranched alkanes of at least 4 members (excludes halogenated alkanes) is 38. The molecule has 0 aromatic heterocycles. The summed E-state index contributed by atoms with van der Waals surface area (Å²) < 4.78 is 33.2. The predicted molar refractivity (Wildman–Crippen MR) is 394 cm³/mol. The summed E-state index contributed by atoms with van der Waals surface area (Å²) in [5.74, 6) is -0.844. The summed E-state index contributed by atoms with van der Waals surface area (Å²) in [7, 11) is -4.41. The van der Waals surface area contributed by atoms with Gasteiger partial charge in [-0.3, -0.25) is 18.6 Å². The van der Waals surface area contributed by atoms with E-state index in [-0.39, 0.29) is 38.6 Å². The average molecular weight is 1290 g/mol. The van der Waals surface area contributed by atoms with Crippen molar-refractivity contribution in [2.75, 3.05) is 26.4 Å². The molecule has 0 aromatic carbocycles. The van der Waals surface area contributed by atoms with Gasteiger partial charge in [-0.2, -0.15) is 0 Å². The minimum absolute atomic E-state index is 0.0453. The number of phosphoric acid groups is 1. The van der Waals surface area contributed by atoms with Crippen molar-refractivity contribution >= 4 is 19.8 Å². The van der Waals surface area contributed by atoms with Crippen LogP contribution in [-0.4, -0.2) is 49.3 Å². The largest absolute Gasteiger partial charge is 0.472 e. The van der Waals surface area contributed by atoms with Gasteiger partial charge in [-0.05, 0) is 109 Å². The van der Waals surface area contributed by atoms with E-state index in [2.05, 4.69) is 135 Å². The van der Waals surface area contributed by atoms with Gasteiger partial charge < -0.3 is 20.1 Å². The Kier molecular flexibility index (Phi) is 72.5. The molecule has 2 atom stereocenters. The quantitative estimate of drug-likeness (QED) is 0.0264. The van der Waals surface area contributed by atoms with E-state index in [0.717, 1.165) is 109 Å². The second kappa shape index (κ2) is 75.4. The number of nitrogens with two attached hydrogens (primary N) is 1. The van der Waals surface area contributed by atoms with E-state index in [1.54, 1.807) is 0 Å². The lowest BCUT2D eigenvalue weighted by Gasteiger charge is -2.19. The molecule has 9 nitrogen and oxygen atoms in total. The van der Waals surface area contributed by atoms with Crippen LogP contribution in [0.4, 0.5) is 0 Å². The van der Waals surface area contributed by atoms with Crippen LogP contribution in [0.1, 0.15) is 348 Å². The standard InChI is InChI=1S/C81H142NO8P/c1-3-5-7-9-11-13-15-17-19-21-23-25-27-29-31-33-35-37-38-39-40-42-43-45-47-49-51-53-55-57-59-61-63-65-67-69-71-73-80(83)87-77-79(78-89-91(85,86)88-76-75-82)90-81(84)74-72-70-68-66-64-62-60-58-56-54-52-50-48-46-44-41-36-34-32-30-28-26-24-22-20-18-16-14-12-10-8-6-4-2/h6,8,12,14,18,20-21,23-24,26,30,32,36,41,46,48,52,54,58,60,79H,3-5,7,9-11,13,15-17,19,22,25,27-29,31,33-35,37-40,42-45,47,49-51,53,55-57,59,61-78,82H2,1-2H3,(H,85,86)/b8-6-,14-12-,20-18-,23-21-,26-24-,32-30-,41-36-,48-46-,54-52-,60-58-. The van der Waals surface area contributed by atoms with Gasteiger partial charge >= 0.3 is 19.8 Å². The van der Waals surface area contributed by atoms with Crippen LogP contribution >= 0.6 is 7.82 Å². The molecule has 91 heavy (non-hydrogen) atoms. The third-order valence-electron chi connectivity index (χ3n) is 16.3. The maximum absolute atomic E-state index is 12.8. The number of phosphoric ester groups is 1. The number of hydrogen-bond acceptors (Lipinski definition) is 8. The number of carbonyl (C=O) groups is 2. The molecule has 0 fully saturated rings. The molecule has 0 bridgehead atoms. The number of esters is 2. The van der Waals surface area contributed by atoms with Crippen LogP contribution < -0.4 is 5.73 Å². The van der Waals surface area contributed by atoms with E-state index >= 15 is 0 Å². The van der Waals surface area contributed by atoms with Crippen molar-refractivity contribution in [3.05, 3.63) is 122 Å². The van der Waals surface area contributed by atoms with Gasteiger partial charge in [0, 0.05) is 19.4 Å². The van der Waals surface area contributed by atoms with E-state index in [1.165, 1.54) is 205 Å². The Morgan fingerprint density at radius 3 is 0.912 bits per heavy atom. The van der Waals surface area contributed by atoms with Gasteiger partial charge in [0.15, 0.2) is 6.10 Å². The Hall–Kier alpha value is -3.59. The Balaban J connectivity index is 3.88. The Morgan fingerprint density at radius 1 is 0.341 bits per heavy atom. The van der Waals surface area contributed by atoms with Gasteiger partial charge in [-0.25, -0.2) is 4.57 Å². The first-order chi connectivity index (χ1) is 44.8. The minimum atomic E-state index is -4.41. The topological polar surface area (TPSA) is 134 Å². The normalized spacial score (nSPS) is 13.6. The van der Waals surface area contributed by atoms with Crippen LogP contribution in [0.2, 0.25) is 0 Å². The molecule has 0 radical (unpaired) electrons. The Labute approximate surface area is 561 Å². The van der Waals surface area contributed by atoms with E-state index < -0.39 is 26.5 Å². The average Bonchev–Trinajstić information content (AvgIpc) is 3.74. The molecule has 0 aromatic rings. The second-order valence-corrected chi connectivity index (χ2v) is 26.6. The maximum Gasteiger partial charge on any atom is 0.472 e. The number of ether oxygens (including phenoxy) is 2. The van der Waals surface area contributed by atoms with Crippen LogP contribution in [0, 0.1) is 0 Å². The van der Waals surface area contributed by atoms with Crippen molar-refractivity contribution < 1.29 is 37.6 Å². The molecule has 0 aliphatic heterocycles. The van der Waals surface area contributed by atoms with Crippen LogP contribution in [0.5, 0.6) is 0 Å². The molecule has 0 spiro atoms. The van der Waals surface area contributed by atoms with E-state index in [1.807, 2.05) is 0 Å². The summed E-state index contributed by atoms with van der Waals surface area (Å²) in [6.07, 6.45) is 106. The van der Waals surface area contributed by atoms with Crippen molar-refractivity contribution in [2.45, 2.75) is 354 Å². The molecule has 0 saturated carbocycles. The smallest absolute Gasteiger partial charge is 0.462 e. The summed E-state index contributed by atoms with van der Waals surface area (Å²) in [6, 6.07) is 0. The van der Waals surface area contributed by atoms with Crippen molar-refractivity contribution in [3.8, 4) is 0 Å². The highest BCUT2D eigenvalue weighted by Crippen LogP contribution is 2.43. The molecule has 3 N–H and O–H groups in total. The number of hydrogen-bond donors (Lipinski definition) is 2. The highest BCUT2D eigenvalue weighted by molar-refractivity contribution is 7.47. The SMILES string of the molecule is CC/C=C\C/C=C\C/C=C\C/C=C\C/C=C\C/C=C\C/C=C\C/C=C\C/C=C\CCCCCCCC(=O)OC(COC(=O)CCCCCCCCCCCCCCCCCCCCCCCCCCC/C=C\CCCCCCCCCC)COP(=O)(O)OCCN. The van der Waals surface area contributed by atoms with Gasteiger partial charge in [0.2, 0.25) is 0 Å². The maximum atomic E-state index is 12.8. The Bertz CT molecular complexity index is 1910. The summed E-state index contributed by atoms with van der Waals surface area (Å²) in [4.78, 5) is 35.4. The molecule has 2 unspecified atom stereocenters. The van der Waals surface area contributed by atoms with Gasteiger partial charge in [-0.1, -0.05) is 347 Å². The van der Waals surface area contributed by atoms with Crippen LogP contribution in [0.3, 0.4) is 0 Å². The molecular weight excluding hydrogens is 1150 g/mol. The highest BCUT2D eigenvalue weighted by Gasteiger charge is 2.26. The van der Waals surface area contributed by atoms with E-state index in [4.69, 9.17) is 24.3 Å². The fraction of sp³-hybridized carbons (Fsp3) is 0.728. The van der Waals surface area contributed by atoms with Crippen LogP contribution in [0.15, 0.2) is 122 Å². The zero-order valence-corrected chi connectivity index (χ0v) is 59.9. The lowest BCUT2D eigenvalue weighted by Crippen LogP contribution is -2.29. The summed E-state index contributed by atoms with van der Waals surface area (Å²) >= 11 is 0. The van der Waals surface area contributed by atoms with Crippen LogP contribution in [0.25, 0.3) is 0 Å². The minimum Gasteiger partial charge on any atom is -0.462 e. The second-order valence-electron chi connectivity index (χ2n) is 25.1. The first kappa shape index (κ1) is 87.4. The lowest BCUT2D eigenvalue weighted by molar-refractivity contribution is -0.161. The zero-order valence-electron chi connectivity index (χ0n) is 59.1. The highest BCUT2D eigenvalue weighted by atomic mass is 31.2. The molecule has 0 aliphatic carbocycles. The van der Waals surface area contributed by atoms with E-state index in [9.17, 15) is 19.0 Å². The van der Waals surface area contributed by atoms with Gasteiger partial charge in [0.25, 0.3) is 0 Å². The van der Waals surface area contributed by atoms with Gasteiger partial charge in [0.05, 0.1) is 13.2 Å². The van der Waals surface area contributed by atoms with Gasteiger partial charge in [0.1, 0.15) is 6.61 Å². The zero-order chi connectivity index (χ0) is 65.8. The fourth-order valence-corrected chi connectivity index (χ4v) is 11.5. The fourth-order valence-electron chi connectivity index (χ4n) is 10.7. The molecule has 0 aliphatic rings. The molecule has 10 heteroatoms. The Morgan fingerprint density at radius 2 is 0.604 bits per heavy atom. The third kappa shape index (κ3) is 75.3. The number of carbonyl (C=O) groups excluding carboxylic acids is 2. The monoisotopic (exact) mass is 1290 g/mol. The summed E-state index contributed by atoms with van der Waals surface area (Å²) in [5, 5.41) is 0. The lowest BCUT2D eigenvalue weighted by atomic mass is 10.0. The molecule has 0 rings (SSSR count). The molecule has 524 valence electrons. The first-order valence-corrected chi connectivity index (χ1v) is 39.5. The van der Waals surface area contributed by atoms with Crippen molar-refractivity contribution in [1.82, 2.24) is 0 Å². The number of rotatable bonds is 71. The third-order valence-corrected chi connectivity index (χ3v) is 17.3. The number of allylic oxidation sites excluding steroid dienone is 20.